The molecule has 0 aliphatic carbocycles. The Kier molecular flexibility index (Phi) is 7.05. The number of carbonyl (C=O) groups excluding carboxylic acids is 3. The number of carbonyl (C=O) groups is 3. The van der Waals surface area contributed by atoms with Crippen LogP contribution in [0, 0.1) is 6.92 Å². The maximum atomic E-state index is 11.7. The van der Waals surface area contributed by atoms with Crippen molar-refractivity contribution in [2.45, 2.75) is 31.6 Å². The van der Waals surface area contributed by atoms with Crippen LogP contribution in [0.4, 0.5) is 0 Å². The monoisotopic (exact) mass is 311 g/mol. The third-order valence-corrected chi connectivity index (χ3v) is 3.17. The zero-order valence-corrected chi connectivity index (χ0v) is 12.6. The Morgan fingerprint density at radius 3 is 2.38 bits per heavy atom. The number of ether oxygens (including phenoxy) is 1. The van der Waals surface area contributed by atoms with Gasteiger partial charge in [0.1, 0.15) is 11.2 Å². The SMILES string of the molecule is Cc1ccc(CC(Cl)C(=O)OC(=O)CCC(=O)CN)cc1. The molecular formula is C15H18ClNO4. The first-order valence-electron chi connectivity index (χ1n) is 6.58. The summed E-state index contributed by atoms with van der Waals surface area (Å²) in [5, 5.41) is -0.943. The summed E-state index contributed by atoms with van der Waals surface area (Å²) in [4.78, 5) is 34.0. The van der Waals surface area contributed by atoms with Crippen LogP contribution in [0.1, 0.15) is 24.0 Å². The van der Waals surface area contributed by atoms with Gasteiger partial charge in [-0.15, -0.1) is 11.6 Å². The second kappa shape index (κ2) is 8.54. The minimum atomic E-state index is -0.943. The van der Waals surface area contributed by atoms with Gasteiger partial charge in [0, 0.05) is 6.42 Å². The van der Waals surface area contributed by atoms with E-state index in [0.717, 1.165) is 11.1 Å². The van der Waals surface area contributed by atoms with Gasteiger partial charge in [0.2, 0.25) is 0 Å². The number of aryl methyl sites for hydroxylation is 1. The van der Waals surface area contributed by atoms with Crippen molar-refractivity contribution < 1.29 is 19.1 Å². The van der Waals surface area contributed by atoms with E-state index in [4.69, 9.17) is 17.3 Å². The molecule has 0 aliphatic heterocycles. The fraction of sp³-hybridized carbons (Fsp3) is 0.400. The lowest BCUT2D eigenvalue weighted by molar-refractivity contribution is -0.159. The van der Waals surface area contributed by atoms with Crippen LogP contribution in [-0.4, -0.2) is 29.6 Å². The van der Waals surface area contributed by atoms with E-state index >= 15 is 0 Å². The summed E-state index contributed by atoms with van der Waals surface area (Å²) in [6.07, 6.45) is 0.0686. The van der Waals surface area contributed by atoms with Crippen molar-refractivity contribution in [2.75, 3.05) is 6.54 Å². The van der Waals surface area contributed by atoms with Crippen LogP contribution < -0.4 is 5.73 Å². The topological polar surface area (TPSA) is 86.5 Å². The number of ketones is 1. The van der Waals surface area contributed by atoms with Gasteiger partial charge in [-0.25, -0.2) is 4.79 Å². The molecule has 0 heterocycles. The summed E-state index contributed by atoms with van der Waals surface area (Å²) in [7, 11) is 0. The summed E-state index contributed by atoms with van der Waals surface area (Å²) >= 11 is 5.93. The molecule has 0 radical (unpaired) electrons. The van der Waals surface area contributed by atoms with E-state index in [-0.39, 0.29) is 31.6 Å². The predicted octanol–water partition coefficient (Wildman–Crippen LogP) is 1.52. The normalized spacial score (nSPS) is 11.8. The molecule has 5 nitrogen and oxygen atoms in total. The van der Waals surface area contributed by atoms with E-state index in [1.807, 2.05) is 31.2 Å². The van der Waals surface area contributed by atoms with Crippen molar-refractivity contribution in [3.8, 4) is 0 Å². The molecule has 114 valence electrons. The zero-order chi connectivity index (χ0) is 15.8. The number of hydrogen-bond acceptors (Lipinski definition) is 5. The minimum absolute atomic E-state index is 0.0342. The molecule has 0 spiro atoms. The Morgan fingerprint density at radius 1 is 1.19 bits per heavy atom. The third kappa shape index (κ3) is 6.51. The summed E-state index contributed by atoms with van der Waals surface area (Å²) in [5.41, 5.74) is 7.10. The Bertz CT molecular complexity index is 513. The fourth-order valence-corrected chi connectivity index (χ4v) is 1.81. The number of hydrogen-bond donors (Lipinski definition) is 1. The number of Topliss-reactive ketones (excluding diaryl/α,β-unsaturated/α-hetero) is 1. The largest absolute Gasteiger partial charge is 0.392 e. The van der Waals surface area contributed by atoms with Gasteiger partial charge in [-0.3, -0.25) is 9.59 Å². The second-order valence-corrected chi connectivity index (χ2v) is 5.22. The molecule has 1 aromatic rings. The number of alkyl halides is 1. The van der Waals surface area contributed by atoms with E-state index in [9.17, 15) is 14.4 Å². The van der Waals surface area contributed by atoms with Crippen LogP contribution in [0.25, 0.3) is 0 Å². The number of benzene rings is 1. The Labute approximate surface area is 128 Å². The molecule has 1 atom stereocenters. The van der Waals surface area contributed by atoms with E-state index in [0.29, 0.717) is 0 Å². The molecule has 0 bridgehead atoms. The van der Waals surface area contributed by atoms with E-state index in [1.165, 1.54) is 0 Å². The molecular weight excluding hydrogens is 294 g/mol. The van der Waals surface area contributed by atoms with Crippen LogP contribution >= 0.6 is 11.6 Å². The molecule has 2 N–H and O–H groups in total. The highest BCUT2D eigenvalue weighted by molar-refractivity contribution is 6.30. The van der Waals surface area contributed by atoms with Crippen molar-refractivity contribution in [3.63, 3.8) is 0 Å². The van der Waals surface area contributed by atoms with Crippen LogP contribution in [0.15, 0.2) is 24.3 Å². The second-order valence-electron chi connectivity index (χ2n) is 4.69. The lowest BCUT2D eigenvalue weighted by Crippen LogP contribution is -2.24. The Balaban J connectivity index is 2.41. The first kappa shape index (κ1) is 17.3. The molecule has 0 fully saturated rings. The Hall–Kier alpha value is -1.72. The molecule has 6 heteroatoms. The van der Waals surface area contributed by atoms with Crippen molar-refractivity contribution in [3.05, 3.63) is 35.4 Å². The van der Waals surface area contributed by atoms with Gasteiger partial charge in [0.15, 0.2) is 0 Å². The number of rotatable bonds is 7. The summed E-state index contributed by atoms with van der Waals surface area (Å²) < 4.78 is 4.60. The molecule has 0 saturated carbocycles. The maximum absolute atomic E-state index is 11.7. The number of halogens is 1. The van der Waals surface area contributed by atoms with Crippen molar-refractivity contribution >= 4 is 29.3 Å². The van der Waals surface area contributed by atoms with Gasteiger partial charge in [0.05, 0.1) is 13.0 Å². The average molecular weight is 312 g/mol. The number of nitrogens with two attached hydrogens (primary N) is 1. The van der Waals surface area contributed by atoms with E-state index in [2.05, 4.69) is 4.74 Å². The molecule has 1 unspecified atom stereocenters. The molecule has 1 rings (SSSR count). The van der Waals surface area contributed by atoms with E-state index < -0.39 is 17.3 Å². The lowest BCUT2D eigenvalue weighted by Gasteiger charge is -2.09. The van der Waals surface area contributed by atoms with Gasteiger partial charge in [-0.05, 0) is 18.9 Å². The average Bonchev–Trinajstić information content (AvgIpc) is 2.46. The standard InChI is InChI=1S/C15H18ClNO4/c1-10-2-4-11(5-3-10)8-13(16)15(20)21-14(19)7-6-12(18)9-17/h2-5,13H,6-9,17H2,1H3. The van der Waals surface area contributed by atoms with Crippen LogP contribution in [0.3, 0.4) is 0 Å². The van der Waals surface area contributed by atoms with Crippen molar-refractivity contribution in [2.24, 2.45) is 5.73 Å². The highest BCUT2D eigenvalue weighted by Gasteiger charge is 2.21. The highest BCUT2D eigenvalue weighted by atomic mass is 35.5. The van der Waals surface area contributed by atoms with Gasteiger partial charge in [0.25, 0.3) is 0 Å². The molecule has 0 saturated heterocycles. The molecule has 0 aromatic heterocycles. The van der Waals surface area contributed by atoms with Gasteiger partial charge < -0.3 is 10.5 Å². The van der Waals surface area contributed by atoms with Gasteiger partial charge in [-0.1, -0.05) is 29.8 Å². The summed E-state index contributed by atoms with van der Waals surface area (Å²) in [6, 6.07) is 7.54. The van der Waals surface area contributed by atoms with Crippen LogP contribution in [0.5, 0.6) is 0 Å². The minimum Gasteiger partial charge on any atom is -0.392 e. The van der Waals surface area contributed by atoms with Crippen molar-refractivity contribution in [1.82, 2.24) is 0 Å². The highest BCUT2D eigenvalue weighted by Crippen LogP contribution is 2.11. The summed E-state index contributed by atoms with van der Waals surface area (Å²) in [5.74, 6) is -1.83. The van der Waals surface area contributed by atoms with Crippen LogP contribution in [0.2, 0.25) is 0 Å². The third-order valence-electron chi connectivity index (χ3n) is 2.84. The number of esters is 2. The van der Waals surface area contributed by atoms with Gasteiger partial charge >= 0.3 is 11.9 Å². The smallest absolute Gasteiger partial charge is 0.332 e. The first-order valence-corrected chi connectivity index (χ1v) is 7.02. The summed E-state index contributed by atoms with van der Waals surface area (Å²) in [6.45, 7) is 1.82. The van der Waals surface area contributed by atoms with E-state index in [1.54, 1.807) is 0 Å². The predicted molar refractivity (Wildman–Crippen MR) is 78.9 cm³/mol. The molecule has 1 aromatic carbocycles. The maximum Gasteiger partial charge on any atom is 0.332 e. The zero-order valence-electron chi connectivity index (χ0n) is 11.8. The first-order chi connectivity index (χ1) is 9.92. The molecule has 0 aliphatic rings. The molecule has 21 heavy (non-hydrogen) atoms. The van der Waals surface area contributed by atoms with Crippen molar-refractivity contribution in [1.29, 1.82) is 0 Å². The quantitative estimate of drug-likeness (QED) is 0.469. The molecule has 0 amide bonds. The van der Waals surface area contributed by atoms with Gasteiger partial charge in [-0.2, -0.15) is 0 Å². The fourth-order valence-electron chi connectivity index (χ4n) is 1.59. The van der Waals surface area contributed by atoms with Crippen LogP contribution in [-0.2, 0) is 25.5 Å². The Morgan fingerprint density at radius 2 is 1.81 bits per heavy atom. The lowest BCUT2D eigenvalue weighted by atomic mass is 10.1.